The van der Waals surface area contributed by atoms with Crippen LogP contribution in [0.3, 0.4) is 0 Å². The van der Waals surface area contributed by atoms with Crippen molar-refractivity contribution < 1.29 is 18.7 Å². The highest BCUT2D eigenvalue weighted by Crippen LogP contribution is 2.54. The van der Waals surface area contributed by atoms with Crippen molar-refractivity contribution in [3.8, 4) is 0 Å². The molecule has 0 N–H and O–H groups in total. The van der Waals surface area contributed by atoms with Crippen molar-refractivity contribution in [1.29, 1.82) is 0 Å². The maximum Gasteiger partial charge on any atom is 0.315 e. The first-order valence-electron chi connectivity index (χ1n) is 8.74. The fraction of sp³-hybridized carbons (Fsp3) is 0.381. The van der Waals surface area contributed by atoms with Gasteiger partial charge in [-0.1, -0.05) is 44.2 Å². The van der Waals surface area contributed by atoms with Crippen LogP contribution in [0.4, 0.5) is 4.39 Å². The van der Waals surface area contributed by atoms with Crippen molar-refractivity contribution >= 4 is 5.97 Å². The fourth-order valence-electron chi connectivity index (χ4n) is 3.18. The Morgan fingerprint density at radius 3 is 2.73 bits per heavy atom. The van der Waals surface area contributed by atoms with E-state index >= 15 is 0 Å². The number of alkyl halides is 1. The highest BCUT2D eigenvalue weighted by molar-refractivity contribution is 5.78. The zero-order valence-corrected chi connectivity index (χ0v) is 15.1. The van der Waals surface area contributed by atoms with Crippen LogP contribution in [0, 0.1) is 11.3 Å². The van der Waals surface area contributed by atoms with Crippen molar-refractivity contribution in [1.82, 2.24) is 4.57 Å². The Morgan fingerprint density at radius 1 is 1.23 bits per heavy atom. The quantitative estimate of drug-likeness (QED) is 0.527. The van der Waals surface area contributed by atoms with Gasteiger partial charge in [0.15, 0.2) is 6.73 Å². The van der Waals surface area contributed by atoms with Crippen molar-refractivity contribution in [3.05, 3.63) is 72.3 Å². The number of hydrogen-bond donors (Lipinski definition) is 0. The molecule has 0 aliphatic heterocycles. The van der Waals surface area contributed by atoms with Gasteiger partial charge in [-0.2, -0.15) is 0 Å². The molecule has 2 aromatic rings. The summed E-state index contributed by atoms with van der Waals surface area (Å²) in [6.45, 7) is 3.48. The molecule has 4 nitrogen and oxygen atoms in total. The van der Waals surface area contributed by atoms with Crippen molar-refractivity contribution in [3.63, 3.8) is 0 Å². The Hall–Kier alpha value is -2.56. The summed E-state index contributed by atoms with van der Waals surface area (Å²) in [5.74, 6) is -0.613. The molecule has 1 aromatic heterocycles. The van der Waals surface area contributed by atoms with Gasteiger partial charge in [0.2, 0.25) is 0 Å². The number of aromatic nitrogens is 1. The maximum absolute atomic E-state index is 12.3. The third-order valence-corrected chi connectivity index (χ3v) is 4.81. The van der Waals surface area contributed by atoms with Crippen molar-refractivity contribution in [2.24, 2.45) is 11.3 Å². The second-order valence-corrected chi connectivity index (χ2v) is 7.17. The van der Waals surface area contributed by atoms with Gasteiger partial charge in [0.25, 0.3) is 0 Å². The lowest BCUT2D eigenvalue weighted by atomic mass is 10.1. The topological polar surface area (TPSA) is 40.5 Å². The highest BCUT2D eigenvalue weighted by atomic mass is 19.1. The lowest BCUT2D eigenvalue weighted by molar-refractivity contribution is -0.150. The summed E-state index contributed by atoms with van der Waals surface area (Å²) in [6.07, 6.45) is 7.06. The lowest BCUT2D eigenvalue weighted by Crippen LogP contribution is -2.13. The largest absolute Gasteiger partial charge is 0.497 e. The van der Waals surface area contributed by atoms with Crippen LogP contribution < -0.4 is 0 Å². The number of esters is 1. The van der Waals surface area contributed by atoms with E-state index in [0.29, 0.717) is 0 Å². The molecule has 26 heavy (non-hydrogen) atoms. The molecule has 1 heterocycles. The SMILES string of the molecule is CC1(C)C(OC=CCF)C1C(=O)OCn1ccc(Cc2ccccc2)c1. The van der Waals surface area contributed by atoms with Crippen LogP contribution in [0.25, 0.3) is 0 Å². The minimum Gasteiger partial charge on any atom is -0.497 e. The number of hydrogen-bond acceptors (Lipinski definition) is 3. The fourth-order valence-corrected chi connectivity index (χ4v) is 3.18. The predicted octanol–water partition coefficient (Wildman–Crippen LogP) is 4.10. The smallest absolute Gasteiger partial charge is 0.315 e. The predicted molar refractivity (Wildman–Crippen MR) is 97.0 cm³/mol. The molecule has 2 unspecified atom stereocenters. The summed E-state index contributed by atoms with van der Waals surface area (Å²) in [7, 11) is 0. The minimum absolute atomic E-state index is 0.174. The Balaban J connectivity index is 1.50. The van der Waals surface area contributed by atoms with E-state index in [9.17, 15) is 9.18 Å². The van der Waals surface area contributed by atoms with E-state index in [4.69, 9.17) is 9.47 Å². The molecule has 5 heteroatoms. The van der Waals surface area contributed by atoms with Gasteiger partial charge in [-0.15, -0.1) is 0 Å². The van der Waals surface area contributed by atoms with E-state index in [0.717, 1.165) is 12.0 Å². The average Bonchev–Trinajstić information content (AvgIpc) is 2.94. The molecule has 1 saturated carbocycles. The molecule has 1 aliphatic carbocycles. The van der Waals surface area contributed by atoms with E-state index in [1.165, 1.54) is 17.9 Å². The third kappa shape index (κ3) is 4.15. The average molecular weight is 357 g/mol. The zero-order valence-electron chi connectivity index (χ0n) is 15.1. The van der Waals surface area contributed by atoms with Crippen LogP contribution in [-0.2, 0) is 27.4 Å². The second kappa shape index (κ2) is 7.77. The van der Waals surface area contributed by atoms with Gasteiger partial charge in [0.05, 0.1) is 6.26 Å². The summed E-state index contributed by atoms with van der Waals surface area (Å²) in [5.41, 5.74) is 2.10. The maximum atomic E-state index is 12.3. The molecule has 0 amide bonds. The van der Waals surface area contributed by atoms with Crippen LogP contribution in [0.2, 0.25) is 0 Å². The van der Waals surface area contributed by atoms with E-state index < -0.39 is 6.67 Å². The van der Waals surface area contributed by atoms with E-state index in [-0.39, 0.29) is 30.1 Å². The normalized spacial score (nSPS) is 20.9. The summed E-state index contributed by atoms with van der Waals surface area (Å²) in [5, 5.41) is 0. The Kier molecular flexibility index (Phi) is 5.45. The second-order valence-electron chi connectivity index (χ2n) is 7.17. The van der Waals surface area contributed by atoms with Crippen LogP contribution in [0.15, 0.2) is 61.1 Å². The molecule has 0 bridgehead atoms. The minimum atomic E-state index is -0.582. The number of allylic oxidation sites excluding steroid dienone is 1. The van der Waals surface area contributed by atoms with Crippen LogP contribution >= 0.6 is 0 Å². The van der Waals surface area contributed by atoms with Crippen LogP contribution in [0.1, 0.15) is 25.0 Å². The number of benzene rings is 1. The molecule has 0 spiro atoms. The van der Waals surface area contributed by atoms with Gasteiger partial charge in [-0.25, -0.2) is 4.39 Å². The third-order valence-electron chi connectivity index (χ3n) is 4.81. The zero-order chi connectivity index (χ0) is 18.6. The van der Waals surface area contributed by atoms with Crippen molar-refractivity contribution in [2.75, 3.05) is 6.67 Å². The molecule has 1 fully saturated rings. The van der Waals surface area contributed by atoms with E-state index in [2.05, 4.69) is 12.1 Å². The molecule has 1 aliphatic rings. The molecule has 3 rings (SSSR count). The van der Waals surface area contributed by atoms with Gasteiger partial charge >= 0.3 is 5.97 Å². The molecule has 1 aromatic carbocycles. The number of nitrogens with zero attached hydrogens (tertiary/aromatic N) is 1. The summed E-state index contributed by atoms with van der Waals surface area (Å²) >= 11 is 0. The van der Waals surface area contributed by atoms with Crippen LogP contribution in [-0.4, -0.2) is 23.3 Å². The van der Waals surface area contributed by atoms with Crippen LogP contribution in [0.5, 0.6) is 0 Å². The number of ether oxygens (including phenoxy) is 2. The Morgan fingerprint density at radius 2 is 2.00 bits per heavy atom. The molecule has 2 atom stereocenters. The summed E-state index contributed by atoms with van der Waals surface area (Å²) in [4.78, 5) is 12.3. The molecule has 138 valence electrons. The molecule has 0 saturated heterocycles. The number of carbonyl (C=O) groups is 1. The van der Waals surface area contributed by atoms with E-state index in [1.807, 2.05) is 55.1 Å². The lowest BCUT2D eigenvalue weighted by Gasteiger charge is -2.06. The van der Waals surface area contributed by atoms with Gasteiger partial charge in [-0.3, -0.25) is 4.79 Å². The van der Waals surface area contributed by atoms with Gasteiger partial charge < -0.3 is 14.0 Å². The monoisotopic (exact) mass is 357 g/mol. The first kappa shape index (κ1) is 18.2. The standard InChI is InChI=1S/C21H24FNO3/c1-21(2)18(19(21)25-12-6-10-22)20(24)26-15-23-11-9-17(14-23)13-16-7-4-3-5-8-16/h3-9,11-12,14,18-19H,10,13,15H2,1-2H3. The highest BCUT2D eigenvalue weighted by Gasteiger charge is 2.65. The van der Waals surface area contributed by atoms with Gasteiger partial charge in [-0.05, 0) is 29.7 Å². The van der Waals surface area contributed by atoms with Gasteiger partial charge in [0.1, 0.15) is 18.7 Å². The first-order chi connectivity index (χ1) is 12.5. The summed E-state index contributed by atoms with van der Waals surface area (Å²) in [6, 6.07) is 12.2. The van der Waals surface area contributed by atoms with Gasteiger partial charge in [0, 0.05) is 17.8 Å². The molecular formula is C21H24FNO3. The Labute approximate surface area is 153 Å². The van der Waals surface area contributed by atoms with Crippen molar-refractivity contribution in [2.45, 2.75) is 33.1 Å². The van der Waals surface area contributed by atoms with E-state index in [1.54, 1.807) is 0 Å². The first-order valence-corrected chi connectivity index (χ1v) is 8.74. The number of rotatable bonds is 8. The number of halogens is 1. The molecule has 0 radical (unpaired) electrons. The summed E-state index contributed by atoms with van der Waals surface area (Å²) < 4.78 is 24.8. The Bertz CT molecular complexity index is 767. The molecular weight excluding hydrogens is 333 g/mol. The number of carbonyl (C=O) groups excluding carboxylic acids is 1.